The lowest BCUT2D eigenvalue weighted by atomic mass is 10.2. The van der Waals surface area contributed by atoms with E-state index in [1.54, 1.807) is 0 Å². The topological polar surface area (TPSA) is 19.6 Å². The molecule has 3 nitrogen and oxygen atoms in total. The number of benzene rings is 1. The first-order valence-corrected chi connectivity index (χ1v) is 6.16. The van der Waals surface area contributed by atoms with Crippen LogP contribution in [0, 0.1) is 6.92 Å². The molecule has 1 aliphatic heterocycles. The fourth-order valence-electron chi connectivity index (χ4n) is 2.42. The molecular formula is C14H18N2O. The lowest BCUT2D eigenvalue weighted by Crippen LogP contribution is -2.44. The van der Waals surface area contributed by atoms with E-state index in [1.165, 1.54) is 11.1 Å². The Hall–Kier alpha value is -1.48. The lowest BCUT2D eigenvalue weighted by Gasteiger charge is -2.34. The van der Waals surface area contributed by atoms with Gasteiger partial charge in [-0.1, -0.05) is 0 Å². The van der Waals surface area contributed by atoms with Crippen LogP contribution in [0.4, 0.5) is 5.69 Å². The third-order valence-electron chi connectivity index (χ3n) is 3.49. The van der Waals surface area contributed by atoms with Crippen molar-refractivity contribution in [3.05, 3.63) is 30.0 Å². The molecule has 1 aromatic heterocycles. The van der Waals surface area contributed by atoms with E-state index in [4.69, 9.17) is 4.42 Å². The number of fused-ring (bicyclic) bond motifs is 1. The summed E-state index contributed by atoms with van der Waals surface area (Å²) in [6.07, 6.45) is 0. The molecule has 3 heteroatoms. The van der Waals surface area contributed by atoms with E-state index in [9.17, 15) is 0 Å². The third kappa shape index (κ3) is 2.03. The second kappa shape index (κ2) is 4.08. The zero-order valence-corrected chi connectivity index (χ0v) is 10.4. The van der Waals surface area contributed by atoms with Crippen molar-refractivity contribution in [2.75, 3.05) is 38.1 Å². The zero-order valence-electron chi connectivity index (χ0n) is 10.4. The fraction of sp³-hybridized carbons (Fsp3) is 0.429. The molecule has 2 heterocycles. The Morgan fingerprint density at radius 1 is 1.06 bits per heavy atom. The van der Waals surface area contributed by atoms with Crippen molar-refractivity contribution in [3.8, 4) is 0 Å². The van der Waals surface area contributed by atoms with Crippen LogP contribution in [0.25, 0.3) is 11.0 Å². The minimum absolute atomic E-state index is 0.982. The Balaban J connectivity index is 1.89. The van der Waals surface area contributed by atoms with Gasteiger partial charge in [-0.2, -0.15) is 0 Å². The van der Waals surface area contributed by atoms with Gasteiger partial charge in [-0.3, -0.25) is 0 Å². The quantitative estimate of drug-likeness (QED) is 0.750. The van der Waals surface area contributed by atoms with Crippen molar-refractivity contribution in [1.82, 2.24) is 4.90 Å². The average molecular weight is 230 g/mol. The summed E-state index contributed by atoms with van der Waals surface area (Å²) >= 11 is 0. The van der Waals surface area contributed by atoms with Crippen molar-refractivity contribution in [2.24, 2.45) is 0 Å². The summed E-state index contributed by atoms with van der Waals surface area (Å²) in [5.41, 5.74) is 2.30. The van der Waals surface area contributed by atoms with Crippen LogP contribution < -0.4 is 4.90 Å². The van der Waals surface area contributed by atoms with Gasteiger partial charge in [0.2, 0.25) is 0 Å². The van der Waals surface area contributed by atoms with E-state index in [0.717, 1.165) is 37.5 Å². The summed E-state index contributed by atoms with van der Waals surface area (Å²) in [6.45, 7) is 6.50. The maximum atomic E-state index is 5.60. The van der Waals surface area contributed by atoms with E-state index < -0.39 is 0 Å². The smallest absolute Gasteiger partial charge is 0.134 e. The number of aryl methyl sites for hydroxylation is 1. The van der Waals surface area contributed by atoms with Crippen molar-refractivity contribution in [2.45, 2.75) is 6.92 Å². The van der Waals surface area contributed by atoms with Crippen molar-refractivity contribution in [3.63, 3.8) is 0 Å². The molecule has 1 aromatic carbocycles. The predicted octanol–water partition coefficient (Wildman–Crippen LogP) is 2.49. The Kier molecular flexibility index (Phi) is 2.56. The second-order valence-electron chi connectivity index (χ2n) is 4.87. The van der Waals surface area contributed by atoms with E-state index in [0.29, 0.717) is 0 Å². The maximum absolute atomic E-state index is 5.60. The summed E-state index contributed by atoms with van der Waals surface area (Å²) in [4.78, 5) is 4.82. The highest BCUT2D eigenvalue weighted by Gasteiger charge is 2.14. The minimum Gasteiger partial charge on any atom is -0.461 e. The number of anilines is 1. The van der Waals surface area contributed by atoms with Crippen LogP contribution in [0.2, 0.25) is 0 Å². The molecule has 2 aromatic rings. The van der Waals surface area contributed by atoms with E-state index in [2.05, 4.69) is 41.1 Å². The monoisotopic (exact) mass is 230 g/mol. The number of hydrogen-bond acceptors (Lipinski definition) is 3. The Labute approximate surface area is 102 Å². The first kappa shape index (κ1) is 10.7. The SMILES string of the molecule is Cc1cc2cc(N3CCN(C)CC3)ccc2o1. The summed E-state index contributed by atoms with van der Waals surface area (Å²) < 4.78 is 5.60. The van der Waals surface area contributed by atoms with Crippen LogP contribution in [0.15, 0.2) is 28.7 Å². The molecule has 0 amide bonds. The predicted molar refractivity (Wildman–Crippen MR) is 70.7 cm³/mol. The maximum Gasteiger partial charge on any atom is 0.134 e. The van der Waals surface area contributed by atoms with Gasteiger partial charge >= 0.3 is 0 Å². The minimum atomic E-state index is 0.982. The molecule has 1 saturated heterocycles. The first-order valence-electron chi connectivity index (χ1n) is 6.16. The fourth-order valence-corrected chi connectivity index (χ4v) is 2.42. The number of rotatable bonds is 1. The van der Waals surface area contributed by atoms with Crippen LogP contribution in [-0.2, 0) is 0 Å². The standard InChI is InChI=1S/C14H18N2O/c1-11-9-12-10-13(3-4-14(12)17-11)16-7-5-15(2)6-8-16/h3-4,9-10H,5-8H2,1-2H3. The first-order chi connectivity index (χ1) is 8.22. The summed E-state index contributed by atoms with van der Waals surface area (Å²) in [5, 5.41) is 1.21. The van der Waals surface area contributed by atoms with Gasteiger partial charge in [0.05, 0.1) is 0 Å². The molecule has 1 fully saturated rings. The Morgan fingerprint density at radius 3 is 2.59 bits per heavy atom. The molecule has 0 unspecified atom stereocenters. The van der Waals surface area contributed by atoms with Crippen molar-refractivity contribution in [1.29, 1.82) is 0 Å². The lowest BCUT2D eigenvalue weighted by molar-refractivity contribution is 0.313. The molecule has 3 rings (SSSR count). The van der Waals surface area contributed by atoms with Crippen molar-refractivity contribution < 1.29 is 4.42 Å². The van der Waals surface area contributed by atoms with Crippen LogP contribution >= 0.6 is 0 Å². The van der Waals surface area contributed by atoms with E-state index in [1.807, 2.05) is 6.92 Å². The Bertz CT molecular complexity index is 524. The summed E-state index contributed by atoms with van der Waals surface area (Å²) in [5.74, 6) is 0.982. The molecule has 0 saturated carbocycles. The number of likely N-dealkylation sites (N-methyl/N-ethyl adjacent to an activating group) is 1. The second-order valence-corrected chi connectivity index (χ2v) is 4.87. The highest BCUT2D eigenvalue weighted by molar-refractivity contribution is 5.82. The average Bonchev–Trinajstić information content (AvgIpc) is 2.69. The molecule has 90 valence electrons. The number of piperazine rings is 1. The van der Waals surface area contributed by atoms with Crippen LogP contribution in [-0.4, -0.2) is 38.1 Å². The van der Waals surface area contributed by atoms with Crippen LogP contribution in [0.1, 0.15) is 5.76 Å². The number of hydrogen-bond donors (Lipinski definition) is 0. The third-order valence-corrected chi connectivity index (χ3v) is 3.49. The normalized spacial score (nSPS) is 17.9. The largest absolute Gasteiger partial charge is 0.461 e. The van der Waals surface area contributed by atoms with Gasteiger partial charge in [0.1, 0.15) is 11.3 Å². The molecule has 0 bridgehead atoms. The van der Waals surface area contributed by atoms with Gasteiger partial charge in [-0.15, -0.1) is 0 Å². The zero-order chi connectivity index (χ0) is 11.8. The highest BCUT2D eigenvalue weighted by Crippen LogP contribution is 2.25. The Morgan fingerprint density at radius 2 is 1.82 bits per heavy atom. The molecule has 0 spiro atoms. The molecule has 0 aliphatic carbocycles. The van der Waals surface area contributed by atoms with Gasteiger partial charge in [0.15, 0.2) is 0 Å². The van der Waals surface area contributed by atoms with Gasteiger partial charge in [-0.05, 0) is 38.2 Å². The molecule has 0 atom stereocenters. The number of nitrogens with zero attached hydrogens (tertiary/aromatic N) is 2. The molecular weight excluding hydrogens is 212 g/mol. The molecule has 0 radical (unpaired) electrons. The van der Waals surface area contributed by atoms with E-state index in [-0.39, 0.29) is 0 Å². The molecule has 17 heavy (non-hydrogen) atoms. The summed E-state index contributed by atoms with van der Waals surface area (Å²) in [7, 11) is 2.18. The van der Waals surface area contributed by atoms with Gasteiger partial charge < -0.3 is 14.2 Å². The molecule has 1 aliphatic rings. The summed E-state index contributed by atoms with van der Waals surface area (Å²) in [6, 6.07) is 8.58. The highest BCUT2D eigenvalue weighted by atomic mass is 16.3. The van der Waals surface area contributed by atoms with Crippen LogP contribution in [0.3, 0.4) is 0 Å². The molecule has 0 N–H and O–H groups in total. The van der Waals surface area contributed by atoms with Gasteiger partial charge in [0.25, 0.3) is 0 Å². The van der Waals surface area contributed by atoms with Crippen molar-refractivity contribution >= 4 is 16.7 Å². The van der Waals surface area contributed by atoms with E-state index >= 15 is 0 Å². The van der Waals surface area contributed by atoms with Gasteiger partial charge in [-0.25, -0.2) is 0 Å². The van der Waals surface area contributed by atoms with Crippen LogP contribution in [0.5, 0.6) is 0 Å². The van der Waals surface area contributed by atoms with Gasteiger partial charge in [0, 0.05) is 37.3 Å². The number of furan rings is 1.